The Balaban J connectivity index is 1.98. The second-order valence-electron chi connectivity index (χ2n) is 7.27. The lowest BCUT2D eigenvalue weighted by atomic mass is 9.77. The number of aryl methyl sites for hydroxylation is 2. The molecule has 4 nitrogen and oxygen atoms in total. The third-order valence-corrected chi connectivity index (χ3v) is 5.40. The summed E-state index contributed by atoms with van der Waals surface area (Å²) in [7, 11) is 1.72. The number of fused-ring (bicyclic) bond motifs is 1. The van der Waals surface area contributed by atoms with Gasteiger partial charge in [0.25, 0.3) is 5.91 Å². The summed E-state index contributed by atoms with van der Waals surface area (Å²) in [4.78, 5) is 29.0. The van der Waals surface area contributed by atoms with Crippen LogP contribution in [0.5, 0.6) is 0 Å². The molecule has 1 aliphatic heterocycles. The number of anilines is 2. The molecule has 0 bridgehead atoms. The normalized spacial score (nSPS) is 18.8. The molecular formula is C24H22N2O2. The van der Waals surface area contributed by atoms with Crippen LogP contribution >= 0.6 is 0 Å². The van der Waals surface area contributed by atoms with Crippen molar-refractivity contribution in [3.63, 3.8) is 0 Å². The first-order valence-electron chi connectivity index (χ1n) is 9.28. The fourth-order valence-electron chi connectivity index (χ4n) is 3.82. The van der Waals surface area contributed by atoms with Crippen molar-refractivity contribution in [2.45, 2.75) is 19.4 Å². The third kappa shape index (κ3) is 2.61. The van der Waals surface area contributed by atoms with Crippen LogP contribution in [-0.2, 0) is 10.3 Å². The molecule has 3 aromatic carbocycles. The van der Waals surface area contributed by atoms with Crippen LogP contribution in [0.25, 0.3) is 0 Å². The number of benzene rings is 3. The van der Waals surface area contributed by atoms with Gasteiger partial charge in [0.1, 0.15) is 0 Å². The minimum absolute atomic E-state index is 0.238. The van der Waals surface area contributed by atoms with Gasteiger partial charge in [-0.25, -0.2) is 0 Å². The number of para-hydroxylation sites is 1. The van der Waals surface area contributed by atoms with Gasteiger partial charge in [0.05, 0.1) is 5.69 Å². The van der Waals surface area contributed by atoms with Crippen LogP contribution in [0.3, 0.4) is 0 Å². The predicted molar refractivity (Wildman–Crippen MR) is 112 cm³/mol. The van der Waals surface area contributed by atoms with Crippen molar-refractivity contribution in [3.05, 3.63) is 95.1 Å². The number of hydrogen-bond acceptors (Lipinski definition) is 3. The maximum absolute atomic E-state index is 13.8. The number of nitrogens with zero attached hydrogens (tertiary/aromatic N) is 1. The largest absolute Gasteiger partial charge is 0.361 e. The fraction of sp³-hybridized carbons (Fsp3) is 0.167. The highest BCUT2D eigenvalue weighted by Gasteiger charge is 2.53. The molecule has 1 amide bonds. The van der Waals surface area contributed by atoms with Gasteiger partial charge in [-0.2, -0.15) is 0 Å². The first-order chi connectivity index (χ1) is 13.4. The minimum atomic E-state index is -1.51. The Labute approximate surface area is 164 Å². The van der Waals surface area contributed by atoms with E-state index in [1.807, 2.05) is 74.5 Å². The molecule has 28 heavy (non-hydrogen) atoms. The topological polar surface area (TPSA) is 49.4 Å². The van der Waals surface area contributed by atoms with Gasteiger partial charge in [0, 0.05) is 18.3 Å². The summed E-state index contributed by atoms with van der Waals surface area (Å²) in [6, 6.07) is 22.5. The summed E-state index contributed by atoms with van der Waals surface area (Å²) >= 11 is 0. The van der Waals surface area contributed by atoms with Crippen molar-refractivity contribution >= 4 is 23.1 Å². The molecule has 4 heteroatoms. The van der Waals surface area contributed by atoms with E-state index in [0.29, 0.717) is 16.8 Å². The quantitative estimate of drug-likeness (QED) is 0.692. The molecule has 1 atom stereocenters. The van der Waals surface area contributed by atoms with Crippen molar-refractivity contribution in [3.8, 4) is 0 Å². The van der Waals surface area contributed by atoms with E-state index >= 15 is 0 Å². The van der Waals surface area contributed by atoms with Gasteiger partial charge >= 0.3 is 0 Å². The first-order valence-corrected chi connectivity index (χ1v) is 9.28. The van der Waals surface area contributed by atoms with Gasteiger partial charge in [-0.3, -0.25) is 9.59 Å². The lowest BCUT2D eigenvalue weighted by Crippen LogP contribution is -2.59. The van der Waals surface area contributed by atoms with Gasteiger partial charge in [-0.1, -0.05) is 54.6 Å². The first kappa shape index (κ1) is 18.0. The van der Waals surface area contributed by atoms with Gasteiger partial charge in [-0.05, 0) is 48.7 Å². The number of rotatable bonds is 3. The van der Waals surface area contributed by atoms with Gasteiger partial charge in [0.15, 0.2) is 0 Å². The summed E-state index contributed by atoms with van der Waals surface area (Å²) < 4.78 is 0. The summed E-state index contributed by atoms with van der Waals surface area (Å²) in [5, 5.41) is 3.35. The number of carbonyl (C=O) groups is 2. The second kappa shape index (κ2) is 6.64. The van der Waals surface area contributed by atoms with Crippen LogP contribution in [0.4, 0.5) is 11.4 Å². The van der Waals surface area contributed by atoms with Crippen LogP contribution in [-0.4, -0.2) is 18.7 Å². The van der Waals surface area contributed by atoms with Crippen LogP contribution in [0.2, 0.25) is 0 Å². The van der Waals surface area contributed by atoms with Crippen molar-refractivity contribution in [2.75, 3.05) is 17.3 Å². The maximum atomic E-state index is 13.8. The molecule has 0 fully saturated rings. The van der Waals surface area contributed by atoms with E-state index in [0.717, 1.165) is 16.8 Å². The highest BCUT2D eigenvalue weighted by molar-refractivity contribution is 6.29. The molecule has 3 aromatic rings. The lowest BCUT2D eigenvalue weighted by Gasteiger charge is -2.41. The molecule has 0 aromatic heterocycles. The standard InChI is InChI=1S/C24H22N2O2/c1-16-13-14-17(2)20(15-16)25-24(18-9-5-4-6-10-18)22(27)19-11-7-8-12-21(19)26(3)23(24)28/h4-15,25H,1-3H3. The van der Waals surface area contributed by atoms with E-state index in [2.05, 4.69) is 5.32 Å². The average Bonchev–Trinajstić information content (AvgIpc) is 2.72. The molecule has 1 aliphatic rings. The molecule has 1 unspecified atom stereocenters. The Kier molecular flexibility index (Phi) is 4.27. The molecule has 1 heterocycles. The molecule has 1 N–H and O–H groups in total. The molecule has 0 saturated heterocycles. The number of ketones is 1. The Hall–Kier alpha value is -3.40. The van der Waals surface area contributed by atoms with Crippen LogP contribution in [0, 0.1) is 13.8 Å². The van der Waals surface area contributed by atoms with Crippen LogP contribution in [0.15, 0.2) is 72.8 Å². The van der Waals surface area contributed by atoms with Crippen molar-refractivity contribution in [2.24, 2.45) is 0 Å². The predicted octanol–water partition coefficient (Wildman–Crippen LogP) is 4.47. The zero-order valence-corrected chi connectivity index (χ0v) is 16.2. The second-order valence-corrected chi connectivity index (χ2v) is 7.27. The van der Waals surface area contributed by atoms with Crippen molar-refractivity contribution in [1.29, 1.82) is 0 Å². The Bertz CT molecular complexity index is 1070. The molecule has 140 valence electrons. The molecule has 0 radical (unpaired) electrons. The summed E-state index contributed by atoms with van der Waals surface area (Å²) in [6.45, 7) is 3.96. The SMILES string of the molecule is Cc1ccc(C)c(NC2(c3ccccc3)C(=O)c3ccccc3N(C)C2=O)c1. The molecule has 0 spiro atoms. The Morgan fingerprint density at radius 1 is 0.857 bits per heavy atom. The van der Waals surface area contributed by atoms with Gasteiger partial charge in [-0.15, -0.1) is 0 Å². The van der Waals surface area contributed by atoms with E-state index in [-0.39, 0.29) is 11.7 Å². The van der Waals surface area contributed by atoms with Crippen molar-refractivity contribution in [1.82, 2.24) is 0 Å². The Morgan fingerprint density at radius 3 is 2.29 bits per heavy atom. The monoisotopic (exact) mass is 370 g/mol. The molecule has 0 saturated carbocycles. The zero-order chi connectivity index (χ0) is 19.9. The number of amides is 1. The Morgan fingerprint density at radius 2 is 1.54 bits per heavy atom. The van der Waals surface area contributed by atoms with Gasteiger partial charge < -0.3 is 10.2 Å². The highest BCUT2D eigenvalue weighted by atomic mass is 16.2. The van der Waals surface area contributed by atoms with Crippen LogP contribution in [0.1, 0.15) is 27.0 Å². The maximum Gasteiger partial charge on any atom is 0.265 e. The molecule has 0 aliphatic carbocycles. The third-order valence-electron chi connectivity index (χ3n) is 5.40. The van der Waals surface area contributed by atoms with Gasteiger partial charge in [0.2, 0.25) is 11.3 Å². The van der Waals surface area contributed by atoms with E-state index in [4.69, 9.17) is 0 Å². The van der Waals surface area contributed by atoms with E-state index < -0.39 is 5.54 Å². The summed E-state index contributed by atoms with van der Waals surface area (Å²) in [5.74, 6) is -0.526. The average molecular weight is 370 g/mol. The zero-order valence-electron chi connectivity index (χ0n) is 16.2. The number of hydrogen-bond donors (Lipinski definition) is 1. The number of carbonyl (C=O) groups excluding carboxylic acids is 2. The van der Waals surface area contributed by atoms with E-state index in [1.165, 1.54) is 0 Å². The lowest BCUT2D eigenvalue weighted by molar-refractivity contribution is -0.121. The summed E-state index contributed by atoms with van der Waals surface area (Å²) in [6.07, 6.45) is 0. The fourth-order valence-corrected chi connectivity index (χ4v) is 3.82. The smallest absolute Gasteiger partial charge is 0.265 e. The molecular weight excluding hydrogens is 348 g/mol. The number of likely N-dealkylation sites (N-methyl/N-ethyl adjacent to an activating group) is 1. The summed E-state index contributed by atoms with van der Waals surface area (Å²) in [5.41, 5.74) is 3.09. The molecule has 4 rings (SSSR count). The highest BCUT2D eigenvalue weighted by Crippen LogP contribution is 2.40. The minimum Gasteiger partial charge on any atom is -0.361 e. The van der Waals surface area contributed by atoms with E-state index in [1.54, 1.807) is 24.1 Å². The van der Waals surface area contributed by atoms with E-state index in [9.17, 15) is 9.59 Å². The van der Waals surface area contributed by atoms with Crippen molar-refractivity contribution < 1.29 is 9.59 Å². The number of nitrogens with one attached hydrogen (secondary N) is 1. The number of Topliss-reactive ketones (excluding diaryl/α,β-unsaturated/α-hetero) is 1. The van der Waals surface area contributed by atoms with Crippen LogP contribution < -0.4 is 10.2 Å².